The van der Waals surface area contributed by atoms with Crippen LogP contribution in [0.5, 0.6) is 0 Å². The second-order valence-corrected chi connectivity index (χ2v) is 1.54. The zero-order valence-electron chi connectivity index (χ0n) is 3.36. The van der Waals surface area contributed by atoms with Crippen LogP contribution in [0.2, 0.25) is 0 Å². The number of rotatable bonds is 0. The van der Waals surface area contributed by atoms with Gasteiger partial charge in [0.25, 0.3) is 0 Å². The second-order valence-electron chi connectivity index (χ2n) is 1.11. The summed E-state index contributed by atoms with van der Waals surface area (Å²) in [4.78, 5) is 10.1. The fraction of sp³-hybridized carbons (Fsp3) is 0.500. The molecule has 0 aromatic rings. The highest BCUT2D eigenvalue weighted by Gasteiger charge is 2.14. The average Bonchev–Trinajstić information content (AvgIpc) is 1.87. The van der Waals surface area contributed by atoms with Crippen LogP contribution in [-0.4, -0.2) is 11.7 Å². The van der Waals surface area contributed by atoms with Gasteiger partial charge in [-0.05, 0) is 0 Å². The highest BCUT2D eigenvalue weighted by molar-refractivity contribution is 6.21. The Labute approximate surface area is 45.2 Å². The molecule has 4 nitrogen and oxygen atoms in total. The highest BCUT2D eigenvalue weighted by atomic mass is 35.5. The monoisotopic (exact) mass is 121 g/mol. The van der Waals surface area contributed by atoms with E-state index in [4.69, 9.17) is 11.6 Å². The van der Waals surface area contributed by atoms with Crippen molar-refractivity contribution < 1.29 is 4.79 Å². The molecule has 1 heterocycles. The second kappa shape index (κ2) is 1.55. The molecule has 0 spiro atoms. The lowest BCUT2D eigenvalue weighted by Gasteiger charge is -1.91. The third-order valence-corrected chi connectivity index (χ3v) is 0.788. The van der Waals surface area contributed by atoms with Gasteiger partial charge in [0.1, 0.15) is 0 Å². The standard InChI is InChI=1S/C2H4ClN3O/c3-1-4-2(7)6-5-1/h1,5H,(H2,4,6,7). The number of carbonyl (C=O) groups is 1. The van der Waals surface area contributed by atoms with Gasteiger partial charge in [-0.1, -0.05) is 11.6 Å². The zero-order chi connectivity index (χ0) is 5.28. The van der Waals surface area contributed by atoms with Gasteiger partial charge in [-0.2, -0.15) is 5.43 Å². The summed E-state index contributed by atoms with van der Waals surface area (Å²) < 4.78 is 0. The molecule has 1 atom stereocenters. The Morgan fingerprint density at radius 2 is 2.43 bits per heavy atom. The summed E-state index contributed by atoms with van der Waals surface area (Å²) in [5.74, 6) is 0. The van der Waals surface area contributed by atoms with Crippen molar-refractivity contribution in [1.82, 2.24) is 16.2 Å². The van der Waals surface area contributed by atoms with Crippen molar-refractivity contribution in [1.29, 1.82) is 0 Å². The number of hydrogen-bond donors (Lipinski definition) is 3. The molecule has 0 radical (unpaired) electrons. The van der Waals surface area contributed by atoms with E-state index in [2.05, 4.69) is 16.2 Å². The highest BCUT2D eigenvalue weighted by Crippen LogP contribution is 1.86. The van der Waals surface area contributed by atoms with Gasteiger partial charge in [-0.3, -0.25) is 5.43 Å². The first-order valence-electron chi connectivity index (χ1n) is 1.75. The number of urea groups is 1. The number of hydrogen-bond acceptors (Lipinski definition) is 2. The lowest BCUT2D eigenvalue weighted by molar-refractivity contribution is 0.247. The number of alkyl halides is 1. The Hall–Kier alpha value is -0.480. The van der Waals surface area contributed by atoms with E-state index in [0.29, 0.717) is 0 Å². The van der Waals surface area contributed by atoms with Crippen molar-refractivity contribution in [2.75, 3.05) is 0 Å². The molecule has 5 heteroatoms. The summed E-state index contributed by atoms with van der Waals surface area (Å²) >= 11 is 5.30. The van der Waals surface area contributed by atoms with Gasteiger partial charge < -0.3 is 5.32 Å². The summed E-state index contributed by atoms with van der Waals surface area (Å²) in [7, 11) is 0. The fourth-order valence-electron chi connectivity index (χ4n) is 0.316. The maximum Gasteiger partial charge on any atom is 0.331 e. The topological polar surface area (TPSA) is 53.2 Å². The van der Waals surface area contributed by atoms with Gasteiger partial charge in [-0.15, -0.1) is 0 Å². The number of carbonyl (C=O) groups excluding carboxylic acids is 1. The minimum absolute atomic E-state index is 0.292. The van der Waals surface area contributed by atoms with Gasteiger partial charge in [0.05, 0.1) is 0 Å². The molecular formula is C2H4ClN3O. The molecule has 2 amide bonds. The molecule has 1 aliphatic rings. The summed E-state index contributed by atoms with van der Waals surface area (Å²) in [5, 5.41) is 2.32. The SMILES string of the molecule is O=C1NNC(Cl)N1. The summed E-state index contributed by atoms with van der Waals surface area (Å²) in [6.07, 6.45) is 0. The summed E-state index contributed by atoms with van der Waals surface area (Å²) in [6, 6.07) is -0.292. The fourth-order valence-corrected chi connectivity index (χ4v) is 0.470. The van der Waals surface area contributed by atoms with E-state index in [-0.39, 0.29) is 6.03 Å². The molecular weight excluding hydrogens is 117 g/mol. The number of amides is 2. The Kier molecular flexibility index (Phi) is 1.04. The van der Waals surface area contributed by atoms with E-state index >= 15 is 0 Å². The molecule has 0 aromatic heterocycles. The van der Waals surface area contributed by atoms with E-state index in [1.807, 2.05) is 0 Å². The van der Waals surface area contributed by atoms with Crippen LogP contribution in [0.25, 0.3) is 0 Å². The summed E-state index contributed by atoms with van der Waals surface area (Å²) in [6.45, 7) is 0. The molecule has 0 saturated carbocycles. The van der Waals surface area contributed by atoms with E-state index in [9.17, 15) is 4.79 Å². The molecule has 1 unspecified atom stereocenters. The zero-order valence-corrected chi connectivity index (χ0v) is 4.12. The number of halogens is 1. The van der Waals surface area contributed by atoms with E-state index in [1.165, 1.54) is 0 Å². The van der Waals surface area contributed by atoms with Crippen LogP contribution >= 0.6 is 11.6 Å². The van der Waals surface area contributed by atoms with E-state index < -0.39 is 5.62 Å². The molecule has 7 heavy (non-hydrogen) atoms. The third-order valence-electron chi connectivity index (χ3n) is 0.570. The average molecular weight is 122 g/mol. The molecule has 1 rings (SSSR count). The molecule has 1 saturated heterocycles. The molecule has 3 N–H and O–H groups in total. The molecule has 0 bridgehead atoms. The van der Waals surface area contributed by atoms with Gasteiger partial charge >= 0.3 is 6.03 Å². The van der Waals surface area contributed by atoms with Crippen LogP contribution in [-0.2, 0) is 0 Å². The summed E-state index contributed by atoms with van der Waals surface area (Å²) in [5.41, 5.74) is 4.20. The minimum atomic E-state index is -0.465. The van der Waals surface area contributed by atoms with Crippen molar-refractivity contribution in [3.05, 3.63) is 0 Å². The normalized spacial score (nSPS) is 29.3. The molecule has 0 aromatic carbocycles. The molecule has 0 aliphatic carbocycles. The Morgan fingerprint density at radius 1 is 1.71 bits per heavy atom. The lowest BCUT2D eigenvalue weighted by Crippen LogP contribution is -2.28. The van der Waals surface area contributed by atoms with Gasteiger partial charge in [0, 0.05) is 0 Å². The van der Waals surface area contributed by atoms with Crippen molar-refractivity contribution in [3.8, 4) is 0 Å². The molecule has 40 valence electrons. The van der Waals surface area contributed by atoms with E-state index in [1.54, 1.807) is 0 Å². The van der Waals surface area contributed by atoms with Crippen LogP contribution in [0.15, 0.2) is 0 Å². The predicted molar refractivity (Wildman–Crippen MR) is 24.4 cm³/mol. The van der Waals surface area contributed by atoms with Crippen molar-refractivity contribution in [2.24, 2.45) is 0 Å². The largest absolute Gasteiger partial charge is 0.331 e. The van der Waals surface area contributed by atoms with Gasteiger partial charge in [0.15, 0.2) is 5.62 Å². The smallest absolute Gasteiger partial charge is 0.307 e. The van der Waals surface area contributed by atoms with Crippen LogP contribution in [0.1, 0.15) is 0 Å². The van der Waals surface area contributed by atoms with Crippen LogP contribution in [0.3, 0.4) is 0 Å². The maximum atomic E-state index is 10.1. The Morgan fingerprint density at radius 3 is 2.57 bits per heavy atom. The Balaban J connectivity index is 2.40. The quantitative estimate of drug-likeness (QED) is 0.294. The van der Waals surface area contributed by atoms with E-state index in [0.717, 1.165) is 0 Å². The van der Waals surface area contributed by atoms with Crippen molar-refractivity contribution >= 4 is 17.6 Å². The molecule has 1 aliphatic heterocycles. The minimum Gasteiger partial charge on any atom is -0.307 e. The number of hydrazine groups is 1. The van der Waals surface area contributed by atoms with Gasteiger partial charge in [-0.25, -0.2) is 4.79 Å². The van der Waals surface area contributed by atoms with Crippen LogP contribution in [0, 0.1) is 0 Å². The number of nitrogens with one attached hydrogen (secondary N) is 3. The lowest BCUT2D eigenvalue weighted by atomic mass is 11.0. The van der Waals surface area contributed by atoms with Gasteiger partial charge in [0.2, 0.25) is 0 Å². The van der Waals surface area contributed by atoms with Crippen molar-refractivity contribution in [3.63, 3.8) is 0 Å². The van der Waals surface area contributed by atoms with Crippen LogP contribution < -0.4 is 16.2 Å². The maximum absolute atomic E-state index is 10.1. The third kappa shape index (κ3) is 0.942. The first-order valence-corrected chi connectivity index (χ1v) is 2.19. The predicted octanol–water partition coefficient (Wildman–Crippen LogP) is -0.674. The van der Waals surface area contributed by atoms with Crippen molar-refractivity contribution in [2.45, 2.75) is 5.62 Å². The van der Waals surface area contributed by atoms with Crippen LogP contribution in [0.4, 0.5) is 4.79 Å². The Bertz CT molecular complexity index is 94.9. The molecule has 1 fully saturated rings. The first-order chi connectivity index (χ1) is 3.29. The first kappa shape index (κ1) is 4.67.